The van der Waals surface area contributed by atoms with Crippen molar-refractivity contribution in [1.29, 1.82) is 0 Å². The number of carbonyl (C=O) groups excluding carboxylic acids is 2. The Bertz CT molecular complexity index is 2220. The highest BCUT2D eigenvalue weighted by Crippen LogP contribution is 2.53. The number of methoxy groups -OCH3 is 1. The minimum absolute atomic E-state index is 0.00803. The molecule has 3 aliphatic heterocycles. The molecule has 5 aromatic rings. The van der Waals surface area contributed by atoms with Gasteiger partial charge in [0.2, 0.25) is 0 Å². The van der Waals surface area contributed by atoms with Crippen molar-refractivity contribution in [3.63, 3.8) is 0 Å². The molecule has 0 spiro atoms. The van der Waals surface area contributed by atoms with Crippen LogP contribution in [0.2, 0.25) is 10.0 Å². The molecule has 5 heterocycles. The third-order valence-corrected chi connectivity index (χ3v) is 10.8. The molecule has 2 unspecified atom stereocenters. The number of fused-ring (bicyclic) bond motifs is 2. The Balaban J connectivity index is 1.27. The van der Waals surface area contributed by atoms with Gasteiger partial charge >= 0.3 is 6.09 Å². The van der Waals surface area contributed by atoms with Crippen molar-refractivity contribution in [1.82, 2.24) is 20.2 Å². The lowest BCUT2D eigenvalue weighted by atomic mass is 9.82. The number of carbonyl (C=O) groups is 2. The number of rotatable bonds is 6. The number of hydrogen-bond donors (Lipinski definition) is 3. The van der Waals surface area contributed by atoms with Crippen LogP contribution in [-0.2, 0) is 4.74 Å². The van der Waals surface area contributed by atoms with Gasteiger partial charge < -0.3 is 30.2 Å². The minimum Gasteiger partial charge on any atom is -0.453 e. The van der Waals surface area contributed by atoms with Gasteiger partial charge in [-0.3, -0.25) is 4.79 Å². The molecular weight excluding hydrogens is 695 g/mol. The van der Waals surface area contributed by atoms with Crippen LogP contribution in [0.5, 0.6) is 0 Å². The molecule has 1 saturated heterocycles. The summed E-state index contributed by atoms with van der Waals surface area (Å²) in [6.07, 6.45) is 7.95. The molecule has 9 nitrogen and oxygen atoms in total. The number of hydrogen-bond acceptors (Lipinski definition) is 6. The standard InChI is InChI=1S/C41H38Cl2N6O3/c1-24-8-7-19-49-37(26-12-14-27(42)15-13-26)30-22-28(43)23-32-34(30)35(38(49)33(24)25-9-4-3-5-10-25)36(46-32)40(50)47-31-11-6-18-44-39(31)48-20-16-29(17-21-48)45-41(51)52-2/h3-7,9-15,18-19,22-24,29,37,46H,8,16-17,20-21H2,1-2H3,(H,45,51)(H,47,50). The number of pyridine rings is 1. The molecule has 52 heavy (non-hydrogen) atoms. The molecule has 3 aromatic carbocycles. The maximum atomic E-state index is 14.7. The Morgan fingerprint density at radius 1 is 0.962 bits per heavy atom. The van der Waals surface area contributed by atoms with Crippen molar-refractivity contribution < 1.29 is 14.3 Å². The summed E-state index contributed by atoms with van der Waals surface area (Å²) in [5.41, 5.74) is 7.96. The van der Waals surface area contributed by atoms with Gasteiger partial charge in [0.05, 0.1) is 24.5 Å². The van der Waals surface area contributed by atoms with Crippen LogP contribution in [0.3, 0.4) is 0 Å². The quantitative estimate of drug-likeness (QED) is 0.161. The number of aromatic nitrogens is 2. The Kier molecular flexibility index (Phi) is 9.15. The van der Waals surface area contributed by atoms with Gasteiger partial charge in [0.25, 0.3) is 5.91 Å². The molecule has 3 aliphatic rings. The Morgan fingerprint density at radius 2 is 1.73 bits per heavy atom. The molecular formula is C41H38Cl2N6O3. The van der Waals surface area contributed by atoms with Crippen LogP contribution in [-0.4, -0.2) is 53.1 Å². The van der Waals surface area contributed by atoms with Crippen molar-refractivity contribution in [2.24, 2.45) is 5.92 Å². The number of amides is 2. The summed E-state index contributed by atoms with van der Waals surface area (Å²) in [6.45, 7) is 3.56. The zero-order valence-corrected chi connectivity index (χ0v) is 30.3. The number of halogens is 2. The van der Waals surface area contributed by atoms with Crippen molar-refractivity contribution >= 4 is 68.9 Å². The number of H-pyrrole nitrogens is 1. The van der Waals surface area contributed by atoms with Crippen molar-refractivity contribution in [3.8, 4) is 0 Å². The van der Waals surface area contributed by atoms with Crippen LogP contribution >= 0.6 is 23.2 Å². The topological polar surface area (TPSA) is 103 Å². The highest BCUT2D eigenvalue weighted by molar-refractivity contribution is 6.32. The summed E-state index contributed by atoms with van der Waals surface area (Å²) in [5, 5.41) is 8.32. The van der Waals surface area contributed by atoms with E-state index in [4.69, 9.17) is 32.9 Å². The lowest BCUT2D eigenvalue weighted by Crippen LogP contribution is -2.45. The summed E-state index contributed by atoms with van der Waals surface area (Å²) in [4.78, 5) is 39.2. The van der Waals surface area contributed by atoms with E-state index >= 15 is 0 Å². The molecule has 2 aromatic heterocycles. The van der Waals surface area contributed by atoms with E-state index < -0.39 is 6.09 Å². The van der Waals surface area contributed by atoms with Crippen LogP contribution in [0, 0.1) is 5.92 Å². The number of nitrogens with zero attached hydrogens (tertiary/aromatic N) is 3. The largest absolute Gasteiger partial charge is 0.453 e. The van der Waals surface area contributed by atoms with Crippen LogP contribution in [0.25, 0.3) is 22.2 Å². The molecule has 1 fully saturated rings. The Hall–Kier alpha value is -5.25. The molecule has 2 amide bonds. The Labute approximate surface area is 312 Å². The number of alkyl carbamates (subject to hydrolysis) is 1. The van der Waals surface area contributed by atoms with Crippen LogP contribution < -0.4 is 15.5 Å². The molecule has 0 radical (unpaired) electrons. The predicted octanol–water partition coefficient (Wildman–Crippen LogP) is 9.27. The van der Waals surface area contributed by atoms with E-state index in [1.54, 1.807) is 6.20 Å². The van der Waals surface area contributed by atoms with E-state index in [2.05, 4.69) is 81.0 Å². The van der Waals surface area contributed by atoms with Crippen molar-refractivity contribution in [2.75, 3.05) is 30.4 Å². The first-order valence-electron chi connectivity index (χ1n) is 17.5. The first-order valence-corrected chi connectivity index (χ1v) is 18.3. The SMILES string of the molecule is COC(=O)NC1CCN(c2ncccc2NC(=O)c2[nH]c3cc(Cl)cc4c3c2C2=C(c3ccccc3)C(C)CC=CN2C4c2ccc(Cl)cc2)CC1. The molecule has 0 saturated carbocycles. The normalized spacial score (nSPS) is 18.6. The molecule has 264 valence electrons. The summed E-state index contributed by atoms with van der Waals surface area (Å²) in [7, 11) is 1.37. The monoisotopic (exact) mass is 732 g/mol. The van der Waals surface area contributed by atoms with Gasteiger partial charge in [-0.15, -0.1) is 0 Å². The third-order valence-electron chi connectivity index (χ3n) is 10.3. The van der Waals surface area contributed by atoms with Gasteiger partial charge in [-0.2, -0.15) is 0 Å². The van der Waals surface area contributed by atoms with Gasteiger partial charge in [0, 0.05) is 58.0 Å². The molecule has 8 rings (SSSR count). The lowest BCUT2D eigenvalue weighted by molar-refractivity contribution is 0.102. The first-order chi connectivity index (χ1) is 25.3. The molecule has 3 N–H and O–H groups in total. The van der Waals surface area contributed by atoms with E-state index in [1.165, 1.54) is 7.11 Å². The maximum absolute atomic E-state index is 14.7. The van der Waals surface area contributed by atoms with E-state index in [9.17, 15) is 9.59 Å². The predicted molar refractivity (Wildman–Crippen MR) is 208 cm³/mol. The van der Waals surface area contributed by atoms with Crippen molar-refractivity contribution in [2.45, 2.75) is 38.3 Å². The average molecular weight is 734 g/mol. The fourth-order valence-electron chi connectivity index (χ4n) is 7.94. The third kappa shape index (κ3) is 6.18. The zero-order valence-electron chi connectivity index (χ0n) is 28.8. The van der Waals surface area contributed by atoms with Crippen molar-refractivity contribution in [3.05, 3.63) is 135 Å². The summed E-state index contributed by atoms with van der Waals surface area (Å²) in [6, 6.07) is 25.8. The second-order valence-electron chi connectivity index (χ2n) is 13.5. The Morgan fingerprint density at radius 3 is 2.48 bits per heavy atom. The molecule has 0 bridgehead atoms. The summed E-state index contributed by atoms with van der Waals surface area (Å²) >= 11 is 13.2. The number of nitrogens with one attached hydrogen (secondary N) is 3. The van der Waals surface area contributed by atoms with Gasteiger partial charge in [0.1, 0.15) is 5.69 Å². The fraction of sp³-hybridized carbons (Fsp3) is 0.244. The molecule has 0 aliphatic carbocycles. The number of aromatic amines is 1. The van der Waals surface area contributed by atoms with E-state index in [1.807, 2.05) is 42.5 Å². The van der Waals surface area contributed by atoms with Crippen LogP contribution in [0.15, 0.2) is 97.3 Å². The highest BCUT2D eigenvalue weighted by Gasteiger charge is 2.40. The molecule has 11 heteroatoms. The smallest absolute Gasteiger partial charge is 0.407 e. The second kappa shape index (κ2) is 14.1. The number of piperidine rings is 1. The molecule has 2 atom stereocenters. The van der Waals surface area contributed by atoms with Crippen LogP contribution in [0.4, 0.5) is 16.3 Å². The van der Waals surface area contributed by atoms with E-state index in [-0.39, 0.29) is 23.9 Å². The zero-order chi connectivity index (χ0) is 35.9. The number of benzene rings is 3. The lowest BCUT2D eigenvalue weighted by Gasteiger charge is -2.39. The number of allylic oxidation sites excluding steroid dienone is 2. The number of anilines is 2. The summed E-state index contributed by atoms with van der Waals surface area (Å²) < 4.78 is 4.79. The highest BCUT2D eigenvalue weighted by atomic mass is 35.5. The second-order valence-corrected chi connectivity index (χ2v) is 14.4. The van der Waals surface area contributed by atoms with E-state index in [0.717, 1.165) is 63.7 Å². The van der Waals surface area contributed by atoms with Gasteiger partial charge in [-0.25, -0.2) is 9.78 Å². The minimum atomic E-state index is -0.432. The summed E-state index contributed by atoms with van der Waals surface area (Å²) in [5.74, 6) is 0.553. The fourth-order valence-corrected chi connectivity index (χ4v) is 8.29. The maximum Gasteiger partial charge on any atom is 0.407 e. The van der Waals surface area contributed by atoms with E-state index in [0.29, 0.717) is 40.3 Å². The average Bonchev–Trinajstić information content (AvgIpc) is 3.45. The van der Waals surface area contributed by atoms with Crippen LogP contribution in [0.1, 0.15) is 65.0 Å². The van der Waals surface area contributed by atoms with Gasteiger partial charge in [0.15, 0.2) is 5.82 Å². The van der Waals surface area contributed by atoms with Gasteiger partial charge in [-0.05, 0) is 83.8 Å². The number of ether oxygens (including phenoxy) is 1. The van der Waals surface area contributed by atoms with Gasteiger partial charge in [-0.1, -0.05) is 78.7 Å². The first kappa shape index (κ1) is 33.9.